The molecule has 1 heterocycles. The summed E-state index contributed by atoms with van der Waals surface area (Å²) in [5.74, 6) is -1.01. The van der Waals surface area contributed by atoms with Crippen LogP contribution >= 0.6 is 0 Å². The maximum Gasteiger partial charge on any atom is 0.326 e. The van der Waals surface area contributed by atoms with E-state index in [0.29, 0.717) is 25.1 Å². The number of hydrogen-bond acceptors (Lipinski definition) is 3. The summed E-state index contributed by atoms with van der Waals surface area (Å²) >= 11 is 0. The monoisotopic (exact) mass is 349 g/mol. The smallest absolute Gasteiger partial charge is 0.326 e. The molecule has 0 aliphatic heterocycles. The molecular weight excluding hydrogens is 330 g/mol. The lowest BCUT2D eigenvalue weighted by Gasteiger charge is -2.15. The number of aliphatic imine (C=N–C) groups is 1. The summed E-state index contributed by atoms with van der Waals surface area (Å²) in [5.41, 5.74) is 10.9. The van der Waals surface area contributed by atoms with E-state index < -0.39 is 12.0 Å². The maximum absolute atomic E-state index is 11.8. The molecule has 2 aromatic carbocycles. The molecule has 5 N–H and O–H groups in total. The summed E-state index contributed by atoms with van der Waals surface area (Å²) in [6.07, 6.45) is 2.55. The van der Waals surface area contributed by atoms with Gasteiger partial charge in [-0.25, -0.2) is 4.79 Å². The van der Waals surface area contributed by atoms with E-state index in [4.69, 9.17) is 11.5 Å². The summed E-state index contributed by atoms with van der Waals surface area (Å²) in [5, 5.41) is 22.9. The predicted octanol–water partition coefficient (Wildman–Crippen LogP) is 2.35. The van der Waals surface area contributed by atoms with Crippen LogP contribution in [0.5, 0.6) is 0 Å². The van der Waals surface area contributed by atoms with Crippen molar-refractivity contribution >= 4 is 33.5 Å². The van der Waals surface area contributed by atoms with Gasteiger partial charge in [0, 0.05) is 23.5 Å². The molecule has 0 radical (unpaired) electrons. The van der Waals surface area contributed by atoms with E-state index in [0.717, 1.165) is 21.5 Å². The van der Waals surface area contributed by atoms with Gasteiger partial charge in [0.1, 0.15) is 17.8 Å². The molecule has 0 aliphatic carbocycles. The molecule has 0 spiro atoms. The number of rotatable bonds is 6. The fourth-order valence-corrected chi connectivity index (χ4v) is 3.16. The van der Waals surface area contributed by atoms with E-state index in [-0.39, 0.29) is 5.96 Å². The van der Waals surface area contributed by atoms with Crippen molar-refractivity contribution in [3.63, 3.8) is 0 Å². The molecule has 7 nitrogen and oxygen atoms in total. The minimum absolute atomic E-state index is 0.0204. The standard InChI is InChI=1S/C19H19N5O2/c20-10-17-15-9-13-5-2-1-4-12(13)8-14(15)11-24(17)16(18(25)26)6-3-7-23-19(21)22/h1-2,4-5,8-9,11,16H,3,6-7H2,(H,25,26)(H4,21,22,23)/t16-/m0/s1. The van der Waals surface area contributed by atoms with Crippen molar-refractivity contribution in [2.75, 3.05) is 6.54 Å². The quantitative estimate of drug-likeness (QED) is 0.357. The molecule has 0 amide bonds. The lowest BCUT2D eigenvalue weighted by Crippen LogP contribution is -2.23. The van der Waals surface area contributed by atoms with Gasteiger partial charge in [0.15, 0.2) is 5.96 Å². The summed E-state index contributed by atoms with van der Waals surface area (Å²) < 4.78 is 1.54. The van der Waals surface area contributed by atoms with Crippen LogP contribution in [0.2, 0.25) is 0 Å². The van der Waals surface area contributed by atoms with Crippen molar-refractivity contribution in [3.8, 4) is 6.07 Å². The molecule has 1 aromatic heterocycles. The van der Waals surface area contributed by atoms with E-state index in [1.807, 2.05) is 36.4 Å². The summed E-state index contributed by atoms with van der Waals surface area (Å²) in [6, 6.07) is 13.0. The third-order valence-corrected chi connectivity index (χ3v) is 4.37. The van der Waals surface area contributed by atoms with Crippen LogP contribution < -0.4 is 11.5 Å². The minimum Gasteiger partial charge on any atom is -0.480 e. The van der Waals surface area contributed by atoms with Crippen LogP contribution in [0.1, 0.15) is 24.6 Å². The van der Waals surface area contributed by atoms with Crippen LogP contribution in [0.25, 0.3) is 21.5 Å². The number of benzene rings is 2. The van der Waals surface area contributed by atoms with Gasteiger partial charge >= 0.3 is 5.97 Å². The Balaban J connectivity index is 2.03. The van der Waals surface area contributed by atoms with E-state index in [9.17, 15) is 15.2 Å². The van der Waals surface area contributed by atoms with E-state index >= 15 is 0 Å². The number of carboxylic acids is 1. The van der Waals surface area contributed by atoms with Crippen molar-refractivity contribution < 1.29 is 9.90 Å². The van der Waals surface area contributed by atoms with Gasteiger partial charge in [-0.15, -0.1) is 0 Å². The Hall–Kier alpha value is -3.53. The Morgan fingerprint density at radius 3 is 2.54 bits per heavy atom. The Bertz CT molecular complexity index is 1040. The molecular formula is C19H19N5O2. The minimum atomic E-state index is -0.990. The lowest BCUT2D eigenvalue weighted by atomic mass is 10.1. The maximum atomic E-state index is 11.8. The summed E-state index contributed by atoms with van der Waals surface area (Å²) in [4.78, 5) is 15.7. The summed E-state index contributed by atoms with van der Waals surface area (Å²) in [6.45, 7) is 0.346. The van der Waals surface area contributed by atoms with Gasteiger partial charge in [-0.05, 0) is 35.7 Å². The topological polar surface area (TPSA) is 130 Å². The van der Waals surface area contributed by atoms with E-state index in [2.05, 4.69) is 11.1 Å². The molecule has 0 saturated carbocycles. The molecule has 0 saturated heterocycles. The second kappa shape index (κ2) is 7.15. The van der Waals surface area contributed by atoms with Crippen LogP contribution in [0.3, 0.4) is 0 Å². The molecule has 0 unspecified atom stereocenters. The molecule has 7 heteroatoms. The van der Waals surface area contributed by atoms with Gasteiger partial charge in [-0.2, -0.15) is 5.26 Å². The number of carbonyl (C=O) groups is 1. The van der Waals surface area contributed by atoms with Crippen LogP contribution in [0.15, 0.2) is 47.6 Å². The molecule has 26 heavy (non-hydrogen) atoms. The van der Waals surface area contributed by atoms with Crippen LogP contribution in [-0.2, 0) is 4.79 Å². The van der Waals surface area contributed by atoms with Crippen molar-refractivity contribution in [1.82, 2.24) is 4.57 Å². The third-order valence-electron chi connectivity index (χ3n) is 4.37. The first-order chi connectivity index (χ1) is 12.5. The van der Waals surface area contributed by atoms with Crippen LogP contribution in [0.4, 0.5) is 0 Å². The van der Waals surface area contributed by atoms with Gasteiger partial charge < -0.3 is 21.1 Å². The predicted molar refractivity (Wildman–Crippen MR) is 101 cm³/mol. The van der Waals surface area contributed by atoms with E-state index in [1.54, 1.807) is 10.8 Å². The Morgan fingerprint density at radius 2 is 1.92 bits per heavy atom. The van der Waals surface area contributed by atoms with Crippen molar-refractivity contribution in [1.29, 1.82) is 5.26 Å². The second-order valence-electron chi connectivity index (χ2n) is 6.09. The van der Waals surface area contributed by atoms with Crippen LogP contribution in [0, 0.1) is 11.3 Å². The van der Waals surface area contributed by atoms with Gasteiger partial charge in [-0.1, -0.05) is 24.3 Å². The van der Waals surface area contributed by atoms with Crippen molar-refractivity contribution in [2.24, 2.45) is 16.5 Å². The normalized spacial score (nSPS) is 12.0. The highest BCUT2D eigenvalue weighted by atomic mass is 16.4. The highest BCUT2D eigenvalue weighted by molar-refractivity contribution is 6.00. The number of guanidine groups is 1. The SMILES string of the molecule is N#Cc1c2cc3ccccc3cc2cn1[C@@H](CCCN=C(N)N)C(=O)O. The Labute approximate surface area is 150 Å². The van der Waals surface area contributed by atoms with Crippen molar-refractivity contribution in [2.45, 2.75) is 18.9 Å². The first-order valence-corrected chi connectivity index (χ1v) is 8.23. The zero-order valence-corrected chi connectivity index (χ0v) is 14.1. The van der Waals surface area contributed by atoms with Gasteiger partial charge in [0.25, 0.3) is 0 Å². The zero-order chi connectivity index (χ0) is 18.7. The molecule has 132 valence electrons. The highest BCUT2D eigenvalue weighted by Crippen LogP contribution is 2.30. The molecule has 0 bridgehead atoms. The number of hydrogen-bond donors (Lipinski definition) is 3. The van der Waals surface area contributed by atoms with Crippen molar-refractivity contribution in [3.05, 3.63) is 48.3 Å². The Kier molecular flexibility index (Phi) is 4.76. The first-order valence-electron chi connectivity index (χ1n) is 8.23. The third kappa shape index (κ3) is 3.30. The largest absolute Gasteiger partial charge is 0.480 e. The summed E-state index contributed by atoms with van der Waals surface area (Å²) in [7, 11) is 0. The number of carboxylic acid groups (broad SMARTS) is 1. The van der Waals surface area contributed by atoms with E-state index in [1.165, 1.54) is 0 Å². The number of aliphatic carboxylic acids is 1. The lowest BCUT2D eigenvalue weighted by molar-refractivity contribution is -0.141. The second-order valence-corrected chi connectivity index (χ2v) is 6.09. The fraction of sp³-hybridized carbons (Fsp3) is 0.211. The van der Waals surface area contributed by atoms with Gasteiger partial charge in [0.2, 0.25) is 0 Å². The van der Waals surface area contributed by atoms with Crippen LogP contribution in [-0.4, -0.2) is 28.1 Å². The average molecular weight is 349 g/mol. The van der Waals surface area contributed by atoms with Gasteiger partial charge in [0.05, 0.1) is 0 Å². The molecule has 3 aromatic rings. The molecule has 0 fully saturated rings. The number of nitriles is 1. The number of nitrogens with two attached hydrogens (primary N) is 2. The number of aromatic nitrogens is 1. The highest BCUT2D eigenvalue weighted by Gasteiger charge is 2.23. The Morgan fingerprint density at radius 1 is 1.23 bits per heavy atom. The van der Waals surface area contributed by atoms with Gasteiger partial charge in [-0.3, -0.25) is 4.99 Å². The zero-order valence-electron chi connectivity index (χ0n) is 14.1. The number of fused-ring (bicyclic) bond motifs is 2. The molecule has 0 aliphatic rings. The number of nitrogens with zero attached hydrogens (tertiary/aromatic N) is 3. The first kappa shape index (κ1) is 17.3. The molecule has 1 atom stereocenters. The fourth-order valence-electron chi connectivity index (χ4n) is 3.16. The average Bonchev–Trinajstić information content (AvgIpc) is 2.95. The molecule has 3 rings (SSSR count).